The van der Waals surface area contributed by atoms with Crippen molar-refractivity contribution in [3.63, 3.8) is 0 Å². The van der Waals surface area contributed by atoms with E-state index < -0.39 is 17.5 Å². The standard InChI is InChI=1S/C22H21F3N4O3S/c1-13-11-14(3-5-16(13)19-27-21(30)32-28-19)7-8-29(9-10-31-2)20-26-17-6-4-15(22(23,24)25)12-18(17)33-20/h3-6,11-12H,7-10H2,1-2H3,(H,27,28,30). The maximum absolute atomic E-state index is 13.1. The van der Waals surface area contributed by atoms with Gasteiger partial charge in [0.2, 0.25) is 0 Å². The van der Waals surface area contributed by atoms with E-state index in [1.165, 1.54) is 17.4 Å². The molecule has 0 amide bonds. The molecule has 11 heteroatoms. The van der Waals surface area contributed by atoms with Crippen LogP contribution in [-0.2, 0) is 17.3 Å². The molecule has 1 N–H and O–H groups in total. The van der Waals surface area contributed by atoms with Gasteiger partial charge in [0.1, 0.15) is 0 Å². The molecular weight excluding hydrogens is 457 g/mol. The zero-order chi connectivity index (χ0) is 23.6. The first-order chi connectivity index (χ1) is 15.7. The second-order valence-corrected chi connectivity index (χ2v) is 8.51. The number of rotatable bonds is 8. The fourth-order valence-corrected chi connectivity index (χ4v) is 4.54. The number of ether oxygens (including phenoxy) is 1. The van der Waals surface area contributed by atoms with Crippen LogP contribution in [0.15, 0.2) is 45.7 Å². The predicted molar refractivity (Wildman–Crippen MR) is 120 cm³/mol. The summed E-state index contributed by atoms with van der Waals surface area (Å²) in [6, 6.07) is 9.42. The fourth-order valence-electron chi connectivity index (χ4n) is 3.49. The Morgan fingerprint density at radius 3 is 2.67 bits per heavy atom. The summed E-state index contributed by atoms with van der Waals surface area (Å²) in [6.07, 6.45) is -3.71. The molecular formula is C22H21F3N4O3S. The Morgan fingerprint density at radius 1 is 1.18 bits per heavy atom. The van der Waals surface area contributed by atoms with Crippen molar-refractivity contribution >= 4 is 26.7 Å². The van der Waals surface area contributed by atoms with Crippen molar-refractivity contribution in [1.82, 2.24) is 15.1 Å². The van der Waals surface area contributed by atoms with E-state index in [0.29, 0.717) is 47.3 Å². The Balaban J connectivity index is 1.53. The van der Waals surface area contributed by atoms with Crippen LogP contribution in [0.5, 0.6) is 0 Å². The van der Waals surface area contributed by atoms with Gasteiger partial charge >= 0.3 is 11.9 Å². The highest BCUT2D eigenvalue weighted by Gasteiger charge is 2.31. The second-order valence-electron chi connectivity index (χ2n) is 7.50. The van der Waals surface area contributed by atoms with Crippen LogP contribution >= 0.6 is 11.3 Å². The fraction of sp³-hybridized carbons (Fsp3) is 0.318. The normalized spacial score (nSPS) is 11.9. The number of nitrogens with one attached hydrogen (secondary N) is 1. The quantitative estimate of drug-likeness (QED) is 0.397. The third kappa shape index (κ3) is 5.25. The number of benzene rings is 2. The number of alkyl halides is 3. The highest BCUT2D eigenvalue weighted by atomic mass is 32.1. The lowest BCUT2D eigenvalue weighted by Gasteiger charge is -2.21. The minimum Gasteiger partial charge on any atom is -0.383 e. The van der Waals surface area contributed by atoms with E-state index >= 15 is 0 Å². The molecule has 0 fully saturated rings. The number of hydrogen-bond acceptors (Lipinski definition) is 7. The Labute approximate surface area is 190 Å². The highest BCUT2D eigenvalue weighted by molar-refractivity contribution is 7.22. The topological polar surface area (TPSA) is 84.2 Å². The third-order valence-electron chi connectivity index (χ3n) is 5.20. The van der Waals surface area contributed by atoms with Gasteiger partial charge in [-0.2, -0.15) is 13.2 Å². The molecule has 0 saturated heterocycles. The minimum absolute atomic E-state index is 0.374. The first kappa shape index (κ1) is 23.0. The zero-order valence-electron chi connectivity index (χ0n) is 17.9. The number of halogens is 3. The molecule has 0 bridgehead atoms. The lowest BCUT2D eigenvalue weighted by Crippen LogP contribution is -2.29. The number of H-pyrrole nitrogens is 1. The SMILES string of the molecule is COCCN(CCc1ccc(-c2noc(=O)[nH]2)c(C)c1)c1nc2ccc(C(F)(F)F)cc2s1. The van der Waals surface area contributed by atoms with Crippen LogP contribution in [0.1, 0.15) is 16.7 Å². The van der Waals surface area contributed by atoms with E-state index in [0.717, 1.165) is 28.8 Å². The number of aryl methyl sites for hydroxylation is 1. The molecule has 33 heavy (non-hydrogen) atoms. The summed E-state index contributed by atoms with van der Waals surface area (Å²) in [5.74, 6) is -0.237. The van der Waals surface area contributed by atoms with E-state index in [2.05, 4.69) is 19.6 Å². The average Bonchev–Trinajstić information content (AvgIpc) is 3.38. The molecule has 2 aromatic heterocycles. The van der Waals surface area contributed by atoms with E-state index in [1.807, 2.05) is 30.0 Å². The molecule has 0 aliphatic heterocycles. The van der Waals surface area contributed by atoms with Crippen LogP contribution in [0.25, 0.3) is 21.6 Å². The van der Waals surface area contributed by atoms with Gasteiger partial charge in [0.15, 0.2) is 11.0 Å². The van der Waals surface area contributed by atoms with Gasteiger partial charge in [0, 0.05) is 25.8 Å². The van der Waals surface area contributed by atoms with Gasteiger partial charge in [-0.1, -0.05) is 34.7 Å². The molecule has 0 radical (unpaired) electrons. The summed E-state index contributed by atoms with van der Waals surface area (Å²) in [4.78, 5) is 20.3. The maximum Gasteiger partial charge on any atom is 0.439 e. The number of hydrogen-bond donors (Lipinski definition) is 1. The number of aromatic nitrogens is 3. The number of thiazole rings is 1. The van der Waals surface area contributed by atoms with E-state index in [1.54, 1.807) is 7.11 Å². The molecule has 0 atom stereocenters. The van der Waals surface area contributed by atoms with Gasteiger partial charge in [0.25, 0.3) is 0 Å². The molecule has 0 spiro atoms. The molecule has 2 aromatic carbocycles. The van der Waals surface area contributed by atoms with Crippen LogP contribution in [0.4, 0.5) is 18.3 Å². The maximum atomic E-state index is 13.1. The molecule has 7 nitrogen and oxygen atoms in total. The average molecular weight is 478 g/mol. The molecule has 2 heterocycles. The Hall–Kier alpha value is -3.18. The van der Waals surface area contributed by atoms with E-state index in [4.69, 9.17) is 4.74 Å². The second kappa shape index (κ2) is 9.36. The monoisotopic (exact) mass is 478 g/mol. The molecule has 4 aromatic rings. The summed E-state index contributed by atoms with van der Waals surface area (Å²) in [5.41, 5.74) is 2.61. The Bertz CT molecular complexity index is 1310. The zero-order valence-corrected chi connectivity index (χ0v) is 18.7. The summed E-state index contributed by atoms with van der Waals surface area (Å²) >= 11 is 1.23. The summed E-state index contributed by atoms with van der Waals surface area (Å²) < 4.78 is 49.4. The molecule has 174 valence electrons. The van der Waals surface area contributed by atoms with Crippen molar-refractivity contribution in [2.24, 2.45) is 0 Å². The molecule has 0 aliphatic rings. The van der Waals surface area contributed by atoms with E-state index in [9.17, 15) is 18.0 Å². The first-order valence-corrected chi connectivity index (χ1v) is 10.9. The van der Waals surface area contributed by atoms with Crippen LogP contribution in [0, 0.1) is 6.92 Å². The van der Waals surface area contributed by atoms with Gasteiger partial charge in [-0.05, 0) is 42.7 Å². The van der Waals surface area contributed by atoms with Crippen molar-refractivity contribution in [2.75, 3.05) is 31.7 Å². The van der Waals surface area contributed by atoms with Crippen molar-refractivity contribution in [3.8, 4) is 11.4 Å². The van der Waals surface area contributed by atoms with Crippen LogP contribution in [0.2, 0.25) is 0 Å². The number of methoxy groups -OCH3 is 1. The number of nitrogens with zero attached hydrogens (tertiary/aromatic N) is 3. The number of anilines is 1. The minimum atomic E-state index is -4.39. The third-order valence-corrected chi connectivity index (χ3v) is 6.28. The molecule has 0 saturated carbocycles. The van der Waals surface area contributed by atoms with Crippen LogP contribution < -0.4 is 10.7 Å². The highest BCUT2D eigenvalue weighted by Crippen LogP contribution is 2.35. The van der Waals surface area contributed by atoms with Crippen molar-refractivity contribution in [1.29, 1.82) is 0 Å². The van der Waals surface area contributed by atoms with Gasteiger partial charge in [0.05, 0.1) is 22.4 Å². The summed E-state index contributed by atoms with van der Waals surface area (Å²) in [5, 5.41) is 4.37. The smallest absolute Gasteiger partial charge is 0.383 e. The first-order valence-electron chi connectivity index (χ1n) is 10.1. The van der Waals surface area contributed by atoms with Crippen LogP contribution in [-0.4, -0.2) is 41.9 Å². The van der Waals surface area contributed by atoms with E-state index in [-0.39, 0.29) is 0 Å². The number of aromatic amines is 1. The Kier molecular flexibility index (Phi) is 6.52. The predicted octanol–water partition coefficient (Wildman–Crippen LogP) is 4.66. The van der Waals surface area contributed by atoms with Gasteiger partial charge in [-0.15, -0.1) is 0 Å². The summed E-state index contributed by atoms with van der Waals surface area (Å²) in [7, 11) is 1.60. The lowest BCUT2D eigenvalue weighted by atomic mass is 10.0. The van der Waals surface area contributed by atoms with Gasteiger partial charge < -0.3 is 9.64 Å². The lowest BCUT2D eigenvalue weighted by molar-refractivity contribution is -0.137. The Morgan fingerprint density at radius 2 is 2.00 bits per heavy atom. The van der Waals surface area contributed by atoms with Crippen LogP contribution in [0.3, 0.4) is 0 Å². The largest absolute Gasteiger partial charge is 0.439 e. The number of fused-ring (bicyclic) bond motifs is 1. The van der Waals surface area contributed by atoms with Crippen molar-refractivity contribution in [2.45, 2.75) is 19.5 Å². The molecule has 0 aliphatic carbocycles. The van der Waals surface area contributed by atoms with Crippen molar-refractivity contribution < 1.29 is 22.4 Å². The van der Waals surface area contributed by atoms with Gasteiger partial charge in [-0.25, -0.2) is 9.78 Å². The van der Waals surface area contributed by atoms with Gasteiger partial charge in [-0.3, -0.25) is 9.51 Å². The molecule has 0 unspecified atom stereocenters. The summed E-state index contributed by atoms with van der Waals surface area (Å²) in [6.45, 7) is 3.54. The van der Waals surface area contributed by atoms with Crippen molar-refractivity contribution in [3.05, 3.63) is 63.6 Å². The molecule has 4 rings (SSSR count).